The van der Waals surface area contributed by atoms with Crippen LogP contribution in [0.4, 0.5) is 13.2 Å². The van der Waals surface area contributed by atoms with Crippen molar-refractivity contribution in [2.45, 2.75) is 51.6 Å². The lowest BCUT2D eigenvalue weighted by atomic mass is 9.77. The van der Waals surface area contributed by atoms with E-state index < -0.39 is 23.6 Å². The Morgan fingerprint density at radius 1 is 1.10 bits per heavy atom. The van der Waals surface area contributed by atoms with Crippen LogP contribution in [-0.4, -0.2) is 11.2 Å². The van der Waals surface area contributed by atoms with Gasteiger partial charge < -0.3 is 5.11 Å². The molecule has 2 rings (SSSR count). The second-order valence-electron chi connectivity index (χ2n) is 5.79. The van der Waals surface area contributed by atoms with Crippen molar-refractivity contribution in [1.29, 1.82) is 0 Å². The van der Waals surface area contributed by atoms with E-state index in [1.165, 1.54) is 6.07 Å². The monoisotopic (exact) mass is 286 g/mol. The van der Waals surface area contributed by atoms with Gasteiger partial charge in [-0.25, -0.2) is 13.2 Å². The van der Waals surface area contributed by atoms with Crippen molar-refractivity contribution in [2.24, 2.45) is 11.8 Å². The van der Waals surface area contributed by atoms with Crippen LogP contribution in [0.5, 0.6) is 0 Å². The van der Waals surface area contributed by atoms with Crippen molar-refractivity contribution in [3.63, 3.8) is 0 Å². The Labute approximate surface area is 117 Å². The molecule has 1 saturated carbocycles. The molecule has 1 aliphatic carbocycles. The second-order valence-corrected chi connectivity index (χ2v) is 5.79. The number of benzene rings is 1. The van der Waals surface area contributed by atoms with E-state index in [0.29, 0.717) is 0 Å². The van der Waals surface area contributed by atoms with E-state index >= 15 is 0 Å². The number of hydrogen-bond donors (Lipinski definition) is 1. The lowest BCUT2D eigenvalue weighted by Gasteiger charge is -2.31. The van der Waals surface area contributed by atoms with Crippen molar-refractivity contribution in [2.75, 3.05) is 0 Å². The highest BCUT2D eigenvalue weighted by molar-refractivity contribution is 5.21. The van der Waals surface area contributed by atoms with Crippen molar-refractivity contribution in [3.05, 3.63) is 35.1 Å². The van der Waals surface area contributed by atoms with Gasteiger partial charge in [0, 0.05) is 6.42 Å². The Bertz CT molecular complexity index is 453. The van der Waals surface area contributed by atoms with Gasteiger partial charge in [0.05, 0.1) is 6.10 Å². The van der Waals surface area contributed by atoms with Crippen LogP contribution in [-0.2, 0) is 6.42 Å². The number of halogens is 3. The summed E-state index contributed by atoms with van der Waals surface area (Å²) in [5.74, 6) is -2.97. The summed E-state index contributed by atoms with van der Waals surface area (Å²) < 4.78 is 39.6. The van der Waals surface area contributed by atoms with Gasteiger partial charge in [0.15, 0.2) is 17.5 Å². The van der Waals surface area contributed by atoms with Crippen LogP contribution in [0.15, 0.2) is 12.1 Å². The molecule has 0 spiro atoms. The summed E-state index contributed by atoms with van der Waals surface area (Å²) >= 11 is 0. The van der Waals surface area contributed by atoms with E-state index in [1.807, 2.05) is 0 Å². The van der Waals surface area contributed by atoms with E-state index in [9.17, 15) is 18.3 Å². The highest BCUT2D eigenvalue weighted by atomic mass is 19.2. The fourth-order valence-corrected chi connectivity index (χ4v) is 3.10. The van der Waals surface area contributed by atoms with Gasteiger partial charge in [-0.15, -0.1) is 0 Å². The van der Waals surface area contributed by atoms with E-state index in [4.69, 9.17) is 0 Å². The molecule has 0 heterocycles. The smallest absolute Gasteiger partial charge is 0.194 e. The summed E-state index contributed by atoms with van der Waals surface area (Å²) in [5, 5.41) is 10.2. The van der Waals surface area contributed by atoms with Gasteiger partial charge in [-0.3, -0.25) is 0 Å². The van der Waals surface area contributed by atoms with Crippen LogP contribution in [0, 0.1) is 29.3 Å². The van der Waals surface area contributed by atoms with Gasteiger partial charge in [-0.2, -0.15) is 0 Å². The highest BCUT2D eigenvalue weighted by Crippen LogP contribution is 2.33. The number of rotatable bonds is 4. The summed E-state index contributed by atoms with van der Waals surface area (Å²) in [6, 6.07) is 2.13. The van der Waals surface area contributed by atoms with Crippen LogP contribution in [0.3, 0.4) is 0 Å². The maximum Gasteiger partial charge on any atom is 0.194 e. The lowest BCUT2D eigenvalue weighted by Crippen LogP contribution is -2.27. The Morgan fingerprint density at radius 2 is 1.75 bits per heavy atom. The van der Waals surface area contributed by atoms with E-state index in [0.717, 1.165) is 44.1 Å². The van der Waals surface area contributed by atoms with Gasteiger partial charge in [0.25, 0.3) is 0 Å². The zero-order valence-corrected chi connectivity index (χ0v) is 11.7. The van der Waals surface area contributed by atoms with E-state index in [2.05, 4.69) is 6.92 Å². The molecule has 1 nitrogen and oxygen atoms in total. The SMILES string of the molecule is CCC1CCC(C(O)Cc2ccc(F)c(F)c2F)CC1. The van der Waals surface area contributed by atoms with Crippen LogP contribution < -0.4 is 0 Å². The molecule has 4 heteroatoms. The van der Waals surface area contributed by atoms with Crippen molar-refractivity contribution < 1.29 is 18.3 Å². The fourth-order valence-electron chi connectivity index (χ4n) is 3.10. The summed E-state index contributed by atoms with van der Waals surface area (Å²) in [6.45, 7) is 2.16. The zero-order chi connectivity index (χ0) is 14.7. The molecule has 112 valence electrons. The van der Waals surface area contributed by atoms with Gasteiger partial charge in [-0.05, 0) is 36.3 Å². The van der Waals surface area contributed by atoms with Gasteiger partial charge in [0.2, 0.25) is 0 Å². The lowest BCUT2D eigenvalue weighted by molar-refractivity contribution is 0.0727. The second kappa shape index (κ2) is 6.61. The Hall–Kier alpha value is -1.03. The van der Waals surface area contributed by atoms with Gasteiger partial charge in [0.1, 0.15) is 0 Å². The molecule has 1 fully saturated rings. The minimum atomic E-state index is -1.45. The topological polar surface area (TPSA) is 20.2 Å². The fraction of sp³-hybridized carbons (Fsp3) is 0.625. The third-order valence-corrected chi connectivity index (χ3v) is 4.56. The van der Waals surface area contributed by atoms with Crippen molar-refractivity contribution in [3.8, 4) is 0 Å². The molecule has 0 aliphatic heterocycles. The Balaban J connectivity index is 1.98. The summed E-state index contributed by atoms with van der Waals surface area (Å²) in [4.78, 5) is 0. The third-order valence-electron chi connectivity index (χ3n) is 4.56. The van der Waals surface area contributed by atoms with Crippen molar-refractivity contribution >= 4 is 0 Å². The number of aliphatic hydroxyl groups excluding tert-OH is 1. The predicted octanol–water partition coefficient (Wildman–Crippen LogP) is 4.22. The molecule has 1 aliphatic rings. The molecule has 0 amide bonds. The normalized spacial score (nSPS) is 24.6. The first-order valence-electron chi connectivity index (χ1n) is 7.33. The zero-order valence-electron chi connectivity index (χ0n) is 11.7. The largest absolute Gasteiger partial charge is 0.392 e. The molecule has 0 radical (unpaired) electrons. The summed E-state index contributed by atoms with van der Waals surface area (Å²) in [6.07, 6.45) is 4.52. The first kappa shape index (κ1) is 15.4. The van der Waals surface area contributed by atoms with Crippen LogP contribution in [0.1, 0.15) is 44.6 Å². The standard InChI is InChI=1S/C16H21F3O/c1-2-10-3-5-11(6-4-10)14(20)9-12-7-8-13(17)16(19)15(12)18/h7-8,10-11,14,20H,2-6,9H2,1H3. The average Bonchev–Trinajstić information content (AvgIpc) is 2.48. The minimum absolute atomic E-state index is 0.0461. The molecule has 0 aromatic heterocycles. The molecule has 20 heavy (non-hydrogen) atoms. The van der Waals surface area contributed by atoms with Crippen molar-refractivity contribution in [1.82, 2.24) is 0 Å². The maximum atomic E-state index is 13.6. The highest BCUT2D eigenvalue weighted by Gasteiger charge is 2.27. The quantitative estimate of drug-likeness (QED) is 0.821. The first-order chi connectivity index (χ1) is 9.52. The Morgan fingerprint density at radius 3 is 2.35 bits per heavy atom. The summed E-state index contributed by atoms with van der Waals surface area (Å²) in [7, 11) is 0. The predicted molar refractivity (Wildman–Crippen MR) is 71.8 cm³/mol. The molecule has 1 aromatic carbocycles. The molecule has 1 aromatic rings. The van der Waals surface area contributed by atoms with E-state index in [1.54, 1.807) is 0 Å². The molecular weight excluding hydrogens is 265 g/mol. The number of aliphatic hydroxyl groups is 1. The van der Waals surface area contributed by atoms with Crippen LogP contribution in [0.2, 0.25) is 0 Å². The molecule has 0 saturated heterocycles. The van der Waals surface area contributed by atoms with Gasteiger partial charge in [-0.1, -0.05) is 32.3 Å². The maximum absolute atomic E-state index is 13.6. The molecule has 1 N–H and O–H groups in total. The molecular formula is C16H21F3O. The Kier molecular flexibility index (Phi) is 5.08. The van der Waals surface area contributed by atoms with Crippen LogP contribution in [0.25, 0.3) is 0 Å². The molecule has 0 bridgehead atoms. The molecule has 1 unspecified atom stereocenters. The van der Waals surface area contributed by atoms with E-state index in [-0.39, 0.29) is 17.9 Å². The van der Waals surface area contributed by atoms with Gasteiger partial charge >= 0.3 is 0 Å². The average molecular weight is 286 g/mol. The minimum Gasteiger partial charge on any atom is -0.392 e. The number of hydrogen-bond acceptors (Lipinski definition) is 1. The third kappa shape index (κ3) is 3.35. The first-order valence-corrected chi connectivity index (χ1v) is 7.33. The van der Waals surface area contributed by atoms with Crippen LogP contribution >= 0.6 is 0 Å². The summed E-state index contributed by atoms with van der Waals surface area (Å²) in [5.41, 5.74) is 0.0500. The molecule has 1 atom stereocenters.